The van der Waals surface area contributed by atoms with Crippen LogP contribution in [0.15, 0.2) is 36.0 Å². The van der Waals surface area contributed by atoms with Crippen molar-refractivity contribution in [3.8, 4) is 5.75 Å². The van der Waals surface area contributed by atoms with E-state index in [9.17, 15) is 4.79 Å². The number of ether oxygens (including phenoxy) is 1. The van der Waals surface area contributed by atoms with Crippen LogP contribution in [0.3, 0.4) is 0 Å². The number of carbonyl (C=O) groups excluding carboxylic acids is 1. The average molecular weight is 434 g/mol. The van der Waals surface area contributed by atoms with Crippen LogP contribution in [0.2, 0.25) is 0 Å². The van der Waals surface area contributed by atoms with Crippen molar-refractivity contribution in [2.45, 2.75) is 40.5 Å². The van der Waals surface area contributed by atoms with Crippen molar-refractivity contribution in [3.63, 3.8) is 0 Å². The van der Waals surface area contributed by atoms with Gasteiger partial charge < -0.3 is 14.4 Å². The van der Waals surface area contributed by atoms with E-state index >= 15 is 0 Å². The molecule has 0 unspecified atom stereocenters. The minimum Gasteiger partial charge on any atom is -0.493 e. The van der Waals surface area contributed by atoms with E-state index in [4.69, 9.17) is 10.1 Å². The molecule has 158 valence electrons. The van der Waals surface area contributed by atoms with Crippen LogP contribution < -0.4 is 9.46 Å². The number of likely N-dealkylation sites (N-methyl/N-ethyl adjacent to an activating group) is 1. The van der Waals surface area contributed by atoms with Gasteiger partial charge in [-0.3, -0.25) is 10.2 Å². The van der Waals surface area contributed by atoms with Crippen LogP contribution in [0.25, 0.3) is 5.57 Å². The van der Waals surface area contributed by atoms with Gasteiger partial charge in [-0.05, 0) is 43.9 Å². The first-order chi connectivity index (χ1) is 14.0. The Hall–Kier alpha value is -1.86. The second kappa shape index (κ2) is 11.4. The number of hydrogen-bond acceptors (Lipinski definition) is 6. The molecule has 1 saturated carbocycles. The number of nitrogens with zero attached hydrogens (tertiary/aromatic N) is 1. The van der Waals surface area contributed by atoms with Crippen LogP contribution >= 0.6 is 21.8 Å². The molecule has 0 bridgehead atoms. The quantitative estimate of drug-likeness (QED) is 0.227. The Balaban J connectivity index is 0.00000145. The number of benzene rings is 1. The summed E-state index contributed by atoms with van der Waals surface area (Å²) >= 11 is 0. The van der Waals surface area contributed by atoms with E-state index in [1.165, 1.54) is 17.7 Å². The van der Waals surface area contributed by atoms with E-state index in [2.05, 4.69) is 11.6 Å². The maximum absolute atomic E-state index is 12.3. The SMILES string of the molecule is C/C=C1\C(=N)C(c2cc(NSSCC)ccc2OCC2CC2)=CN(C)C1=O.CC. The highest BCUT2D eigenvalue weighted by Crippen LogP contribution is 2.37. The lowest BCUT2D eigenvalue weighted by Crippen LogP contribution is -2.32. The molecule has 1 aliphatic heterocycles. The average Bonchev–Trinajstić information content (AvgIpc) is 3.56. The fourth-order valence-electron chi connectivity index (χ4n) is 2.79. The molecule has 1 aromatic rings. The lowest BCUT2D eigenvalue weighted by atomic mass is 9.92. The first-order valence-electron chi connectivity index (χ1n) is 10.1. The topological polar surface area (TPSA) is 65.4 Å². The third-order valence-electron chi connectivity index (χ3n) is 4.48. The molecule has 0 aromatic heterocycles. The summed E-state index contributed by atoms with van der Waals surface area (Å²) in [6.07, 6.45) is 5.88. The molecule has 5 nitrogen and oxygen atoms in total. The van der Waals surface area contributed by atoms with Gasteiger partial charge in [-0.15, -0.1) is 0 Å². The number of allylic oxidation sites excluding steroid dienone is 2. The number of amides is 1. The molecule has 1 amide bonds. The Labute approximate surface area is 182 Å². The van der Waals surface area contributed by atoms with E-state index < -0.39 is 0 Å². The minimum atomic E-state index is -0.157. The molecular formula is C22H31N3O2S2. The van der Waals surface area contributed by atoms with Gasteiger partial charge in [-0.2, -0.15) is 0 Å². The molecule has 2 aliphatic rings. The highest BCUT2D eigenvalue weighted by molar-refractivity contribution is 8.77. The lowest BCUT2D eigenvalue weighted by Gasteiger charge is -2.25. The van der Waals surface area contributed by atoms with E-state index in [0.29, 0.717) is 23.7 Å². The van der Waals surface area contributed by atoms with Crippen LogP contribution in [0.1, 0.15) is 46.1 Å². The highest BCUT2D eigenvalue weighted by Gasteiger charge is 2.29. The Morgan fingerprint density at radius 1 is 1.34 bits per heavy atom. The third-order valence-corrected chi connectivity index (χ3v) is 6.46. The van der Waals surface area contributed by atoms with Crippen molar-refractivity contribution in [2.75, 3.05) is 24.1 Å². The lowest BCUT2D eigenvalue weighted by molar-refractivity contribution is -0.123. The first kappa shape index (κ1) is 23.4. The van der Waals surface area contributed by atoms with E-state index in [1.54, 1.807) is 48.0 Å². The molecule has 0 radical (unpaired) electrons. The summed E-state index contributed by atoms with van der Waals surface area (Å²) < 4.78 is 9.39. The zero-order chi connectivity index (χ0) is 21.4. The van der Waals surface area contributed by atoms with Gasteiger partial charge >= 0.3 is 0 Å². The molecule has 1 heterocycles. The van der Waals surface area contributed by atoms with Crippen molar-refractivity contribution in [2.24, 2.45) is 5.92 Å². The summed E-state index contributed by atoms with van der Waals surface area (Å²) in [5.41, 5.74) is 3.14. The maximum Gasteiger partial charge on any atom is 0.259 e. The Bertz CT molecular complexity index is 801. The van der Waals surface area contributed by atoms with E-state index in [-0.39, 0.29) is 11.6 Å². The molecule has 1 aliphatic carbocycles. The number of rotatable bonds is 8. The second-order valence-electron chi connectivity index (χ2n) is 6.59. The minimum absolute atomic E-state index is 0.157. The smallest absolute Gasteiger partial charge is 0.259 e. The van der Waals surface area contributed by atoms with Crippen LogP contribution in [0.5, 0.6) is 5.75 Å². The van der Waals surface area contributed by atoms with Gasteiger partial charge in [0, 0.05) is 46.8 Å². The largest absolute Gasteiger partial charge is 0.493 e. The van der Waals surface area contributed by atoms with Gasteiger partial charge in [-0.25, -0.2) is 0 Å². The van der Waals surface area contributed by atoms with Crippen LogP contribution in [0, 0.1) is 11.3 Å². The van der Waals surface area contributed by atoms with Gasteiger partial charge in [0.25, 0.3) is 5.91 Å². The summed E-state index contributed by atoms with van der Waals surface area (Å²) in [4.78, 5) is 13.9. The van der Waals surface area contributed by atoms with Crippen molar-refractivity contribution in [1.29, 1.82) is 5.41 Å². The molecule has 0 spiro atoms. The molecular weight excluding hydrogens is 402 g/mol. The molecule has 2 N–H and O–H groups in total. The zero-order valence-corrected chi connectivity index (χ0v) is 19.5. The monoisotopic (exact) mass is 433 g/mol. The summed E-state index contributed by atoms with van der Waals surface area (Å²) in [6.45, 7) is 8.60. The van der Waals surface area contributed by atoms with Crippen LogP contribution in [0.4, 0.5) is 5.69 Å². The fraction of sp³-hybridized carbons (Fsp3) is 0.455. The molecule has 7 heteroatoms. The van der Waals surface area contributed by atoms with Gasteiger partial charge in [0.2, 0.25) is 0 Å². The zero-order valence-electron chi connectivity index (χ0n) is 17.9. The number of hydrogen-bond donors (Lipinski definition) is 2. The number of carbonyl (C=O) groups is 1. The summed E-state index contributed by atoms with van der Waals surface area (Å²) in [5, 5.41) is 8.56. The van der Waals surface area contributed by atoms with Crippen molar-refractivity contribution >= 4 is 44.7 Å². The third kappa shape index (κ3) is 6.06. The highest BCUT2D eigenvalue weighted by atomic mass is 33.1. The van der Waals surface area contributed by atoms with Gasteiger partial charge in [-0.1, -0.05) is 37.6 Å². The van der Waals surface area contributed by atoms with E-state index in [0.717, 1.165) is 22.8 Å². The predicted octanol–water partition coefficient (Wildman–Crippen LogP) is 6.01. The summed E-state index contributed by atoms with van der Waals surface area (Å²) in [7, 11) is 5.03. The summed E-state index contributed by atoms with van der Waals surface area (Å²) in [6, 6.07) is 5.95. The molecule has 0 saturated heterocycles. The van der Waals surface area contributed by atoms with Gasteiger partial charge in [0.05, 0.1) is 17.9 Å². The van der Waals surface area contributed by atoms with Crippen LogP contribution in [-0.4, -0.2) is 35.9 Å². The maximum atomic E-state index is 12.3. The Morgan fingerprint density at radius 3 is 2.69 bits per heavy atom. The summed E-state index contributed by atoms with van der Waals surface area (Å²) in [5.74, 6) is 2.26. The van der Waals surface area contributed by atoms with Crippen molar-refractivity contribution in [1.82, 2.24) is 4.90 Å². The Kier molecular flexibility index (Phi) is 9.17. The molecule has 29 heavy (non-hydrogen) atoms. The van der Waals surface area contributed by atoms with Crippen LogP contribution in [-0.2, 0) is 4.79 Å². The molecule has 0 atom stereocenters. The van der Waals surface area contributed by atoms with Gasteiger partial charge in [0.1, 0.15) is 5.75 Å². The van der Waals surface area contributed by atoms with E-state index in [1.807, 2.05) is 32.0 Å². The van der Waals surface area contributed by atoms with Crippen molar-refractivity contribution in [3.05, 3.63) is 41.6 Å². The molecule has 3 rings (SSSR count). The van der Waals surface area contributed by atoms with Gasteiger partial charge in [0.15, 0.2) is 0 Å². The normalized spacial score (nSPS) is 17.6. The fourth-order valence-corrected chi connectivity index (χ4v) is 4.01. The predicted molar refractivity (Wildman–Crippen MR) is 128 cm³/mol. The second-order valence-corrected chi connectivity index (χ2v) is 8.98. The number of anilines is 1. The standard InChI is InChI=1S/C20H25N3O2S2.C2H6/c1-4-15-19(21)17(11-23(3)20(15)24)16-10-14(22-27-26-5-2)8-9-18(16)25-12-13-6-7-13;1-2/h4,8-11,13,21-22H,5-7,12H2,1-3H3;1-2H3/b15-4+,21-19?;. The molecule has 1 fully saturated rings. The Morgan fingerprint density at radius 2 is 2.07 bits per heavy atom. The molecule has 1 aromatic carbocycles. The van der Waals surface area contributed by atoms with Crippen molar-refractivity contribution < 1.29 is 9.53 Å². The first-order valence-corrected chi connectivity index (χ1v) is 12.4. The number of nitrogens with one attached hydrogen (secondary N) is 2.